The molecule has 10 heteroatoms. The smallest absolute Gasteiger partial charge is 0.341 e. The van der Waals surface area contributed by atoms with Crippen LogP contribution in [0, 0.1) is 0 Å². The first kappa shape index (κ1) is 28.1. The lowest BCUT2D eigenvalue weighted by Crippen LogP contribution is -2.26. The molecule has 0 saturated heterocycles. The van der Waals surface area contributed by atoms with Crippen LogP contribution >= 0.6 is 16.2 Å². The van der Waals surface area contributed by atoms with Crippen molar-refractivity contribution in [3.8, 4) is 0 Å². The maximum absolute atomic E-state index is 12.0. The molecule has 158 valence electrons. The molecular formula is C16H36O8P2. The van der Waals surface area contributed by atoms with Crippen LogP contribution in [0.15, 0.2) is 0 Å². The molecule has 0 aliphatic heterocycles. The molecule has 0 unspecified atom stereocenters. The SMILES string of the molecule is CCOP(=O)(CC(=O)OC(C)(C)C)OCC.CCOP(OCC)OCC. The number of carbonyl (C=O) groups is 1. The van der Waals surface area contributed by atoms with Crippen LogP contribution in [0.1, 0.15) is 55.4 Å². The molecule has 0 saturated carbocycles. The Labute approximate surface area is 159 Å². The molecule has 0 N–H and O–H groups in total. The molecule has 0 aromatic heterocycles. The van der Waals surface area contributed by atoms with E-state index in [9.17, 15) is 9.36 Å². The molecule has 26 heavy (non-hydrogen) atoms. The van der Waals surface area contributed by atoms with E-state index in [1.165, 1.54) is 0 Å². The molecule has 0 aromatic carbocycles. The summed E-state index contributed by atoms with van der Waals surface area (Å²) in [5.74, 6) is -0.572. The molecular weight excluding hydrogens is 382 g/mol. The van der Waals surface area contributed by atoms with Crippen LogP contribution in [-0.2, 0) is 36.7 Å². The third kappa shape index (κ3) is 17.3. The number of esters is 1. The van der Waals surface area contributed by atoms with Gasteiger partial charge in [0.2, 0.25) is 0 Å². The summed E-state index contributed by atoms with van der Waals surface area (Å²) in [5, 5.41) is 0. The fraction of sp³-hybridized carbons (Fsp3) is 0.938. The van der Waals surface area contributed by atoms with Gasteiger partial charge in [0.25, 0.3) is 0 Å². The van der Waals surface area contributed by atoms with Crippen molar-refractivity contribution in [1.29, 1.82) is 0 Å². The first-order valence-corrected chi connectivity index (χ1v) is 11.7. The normalized spacial score (nSPS) is 11.9. The van der Waals surface area contributed by atoms with E-state index in [1.54, 1.807) is 34.6 Å². The van der Waals surface area contributed by atoms with Crippen molar-refractivity contribution in [3.63, 3.8) is 0 Å². The predicted octanol–water partition coefficient (Wildman–Crippen LogP) is 4.92. The molecule has 0 rings (SSSR count). The zero-order chi connectivity index (χ0) is 20.6. The van der Waals surface area contributed by atoms with Crippen molar-refractivity contribution >= 4 is 22.2 Å². The van der Waals surface area contributed by atoms with E-state index < -0.39 is 27.8 Å². The fourth-order valence-corrected chi connectivity index (χ4v) is 3.76. The topological polar surface area (TPSA) is 89.5 Å². The number of hydrogen-bond acceptors (Lipinski definition) is 8. The molecule has 0 radical (unpaired) electrons. The van der Waals surface area contributed by atoms with Gasteiger partial charge >= 0.3 is 22.2 Å². The van der Waals surface area contributed by atoms with Gasteiger partial charge < -0.3 is 27.4 Å². The first-order chi connectivity index (χ1) is 12.1. The molecule has 0 spiro atoms. The van der Waals surface area contributed by atoms with Gasteiger partial charge in [-0.25, -0.2) is 0 Å². The number of hydrogen-bond donors (Lipinski definition) is 0. The Hall–Kier alpha value is -0.0700. The summed E-state index contributed by atoms with van der Waals surface area (Å²) in [6, 6.07) is 0. The zero-order valence-electron chi connectivity index (χ0n) is 17.4. The van der Waals surface area contributed by atoms with E-state index >= 15 is 0 Å². The van der Waals surface area contributed by atoms with Crippen LogP contribution in [0.3, 0.4) is 0 Å². The Morgan fingerprint density at radius 3 is 1.46 bits per heavy atom. The van der Waals surface area contributed by atoms with Gasteiger partial charge in [0, 0.05) is 0 Å². The minimum absolute atomic E-state index is 0.236. The highest BCUT2D eigenvalue weighted by Crippen LogP contribution is 2.48. The van der Waals surface area contributed by atoms with Crippen LogP contribution in [0.4, 0.5) is 0 Å². The van der Waals surface area contributed by atoms with E-state index in [4.69, 9.17) is 27.4 Å². The molecule has 0 atom stereocenters. The summed E-state index contributed by atoms with van der Waals surface area (Å²) >= 11 is 0. The highest BCUT2D eigenvalue weighted by atomic mass is 31.2. The second kappa shape index (κ2) is 15.9. The van der Waals surface area contributed by atoms with Crippen LogP contribution in [-0.4, -0.2) is 50.8 Å². The molecule has 0 aromatic rings. The van der Waals surface area contributed by atoms with Crippen molar-refractivity contribution < 1.29 is 36.7 Å². The summed E-state index contributed by atoms with van der Waals surface area (Å²) in [7, 11) is -4.40. The third-order valence-electron chi connectivity index (χ3n) is 2.10. The molecule has 0 fully saturated rings. The van der Waals surface area contributed by atoms with Crippen molar-refractivity contribution in [2.45, 2.75) is 61.0 Å². The van der Waals surface area contributed by atoms with Crippen molar-refractivity contribution in [1.82, 2.24) is 0 Å². The predicted molar refractivity (Wildman–Crippen MR) is 103 cm³/mol. The molecule has 8 nitrogen and oxygen atoms in total. The first-order valence-electron chi connectivity index (χ1n) is 8.86. The molecule has 0 aliphatic carbocycles. The van der Waals surface area contributed by atoms with Crippen LogP contribution in [0.5, 0.6) is 0 Å². The Morgan fingerprint density at radius 1 is 0.808 bits per heavy atom. The summed E-state index contributed by atoms with van der Waals surface area (Å²) < 4.78 is 42.4. The standard InChI is InChI=1S/C10H21O5P.C6H15O3P/c1-6-13-16(12,14-7-2)8-9(11)15-10(3,4)5;1-4-7-10(8-5-2)9-6-3/h6-8H2,1-5H3;4-6H2,1-3H3. The second-order valence-electron chi connectivity index (χ2n) is 5.67. The monoisotopic (exact) mass is 418 g/mol. The van der Waals surface area contributed by atoms with Gasteiger partial charge in [0.1, 0.15) is 11.8 Å². The molecule has 0 amide bonds. The lowest BCUT2D eigenvalue weighted by molar-refractivity contribution is -0.151. The highest BCUT2D eigenvalue weighted by Gasteiger charge is 2.30. The highest BCUT2D eigenvalue weighted by molar-refractivity contribution is 7.54. The number of carbonyl (C=O) groups excluding carboxylic acids is 1. The minimum atomic E-state index is -3.34. The van der Waals surface area contributed by atoms with E-state index in [-0.39, 0.29) is 19.4 Å². The summed E-state index contributed by atoms with van der Waals surface area (Å²) in [4.78, 5) is 11.5. The van der Waals surface area contributed by atoms with Gasteiger partial charge in [-0.2, -0.15) is 0 Å². The average molecular weight is 418 g/mol. The van der Waals surface area contributed by atoms with Gasteiger partial charge in [-0.1, -0.05) is 0 Å². The Kier molecular flexibility index (Phi) is 17.2. The number of rotatable bonds is 12. The Balaban J connectivity index is 0. The van der Waals surface area contributed by atoms with E-state index in [0.717, 1.165) is 0 Å². The zero-order valence-corrected chi connectivity index (χ0v) is 19.2. The Morgan fingerprint density at radius 2 is 1.19 bits per heavy atom. The summed E-state index contributed by atoms with van der Waals surface area (Å²) in [5.41, 5.74) is -0.597. The van der Waals surface area contributed by atoms with Gasteiger partial charge in [-0.15, -0.1) is 0 Å². The summed E-state index contributed by atoms with van der Waals surface area (Å²) in [6.45, 7) is 16.8. The van der Waals surface area contributed by atoms with Crippen LogP contribution in [0.2, 0.25) is 0 Å². The molecule has 0 heterocycles. The van der Waals surface area contributed by atoms with Gasteiger partial charge in [0.15, 0.2) is 0 Å². The lowest BCUT2D eigenvalue weighted by Gasteiger charge is -2.21. The van der Waals surface area contributed by atoms with E-state index in [0.29, 0.717) is 19.8 Å². The largest absolute Gasteiger partial charge is 0.459 e. The summed E-state index contributed by atoms with van der Waals surface area (Å²) in [6.07, 6.45) is -0.341. The van der Waals surface area contributed by atoms with E-state index in [2.05, 4.69) is 0 Å². The third-order valence-corrected chi connectivity index (χ3v) is 5.45. The van der Waals surface area contributed by atoms with E-state index in [1.807, 2.05) is 20.8 Å². The van der Waals surface area contributed by atoms with Gasteiger partial charge in [-0.05, 0) is 55.4 Å². The second-order valence-corrected chi connectivity index (χ2v) is 8.94. The van der Waals surface area contributed by atoms with Crippen LogP contribution < -0.4 is 0 Å². The minimum Gasteiger partial charge on any atom is -0.459 e. The number of ether oxygens (including phenoxy) is 1. The van der Waals surface area contributed by atoms with Gasteiger partial charge in [0.05, 0.1) is 33.0 Å². The van der Waals surface area contributed by atoms with Crippen molar-refractivity contribution in [3.05, 3.63) is 0 Å². The Bertz CT molecular complexity index is 374. The molecule has 0 aliphatic rings. The van der Waals surface area contributed by atoms with Crippen molar-refractivity contribution in [2.75, 3.05) is 39.2 Å². The van der Waals surface area contributed by atoms with Crippen LogP contribution in [0.25, 0.3) is 0 Å². The maximum atomic E-state index is 12.0. The maximum Gasteiger partial charge on any atom is 0.341 e. The molecule has 0 bridgehead atoms. The van der Waals surface area contributed by atoms with Gasteiger partial charge in [-0.3, -0.25) is 9.36 Å². The van der Waals surface area contributed by atoms with Crippen molar-refractivity contribution in [2.24, 2.45) is 0 Å². The lowest BCUT2D eigenvalue weighted by atomic mass is 10.2. The average Bonchev–Trinajstić information content (AvgIpc) is 2.46. The quantitative estimate of drug-likeness (QED) is 0.326. The fourth-order valence-electron chi connectivity index (χ4n) is 1.48.